The SMILES string of the molecule is Cc1cc2c(C(C)C)cccc2[cH-]1.Cc1cc2c(C(C)C)cccc2[cH-]1.[Si]=[Hf+2]. The van der Waals surface area contributed by atoms with E-state index in [0.29, 0.717) is 11.8 Å². The second-order valence-corrected chi connectivity index (χ2v) is 8.08. The molecule has 4 aromatic carbocycles. The summed E-state index contributed by atoms with van der Waals surface area (Å²) in [5.41, 5.74) is 5.66. The molecular formula is C26H30HfSi. The molecule has 2 heteroatoms. The topological polar surface area (TPSA) is 0 Å². The van der Waals surface area contributed by atoms with Gasteiger partial charge in [-0.25, -0.2) is 0 Å². The third kappa shape index (κ3) is 5.42. The quantitative estimate of drug-likeness (QED) is 0.179. The first-order valence-electron chi connectivity index (χ1n) is 9.93. The van der Waals surface area contributed by atoms with E-state index in [4.69, 9.17) is 0 Å². The van der Waals surface area contributed by atoms with Crippen molar-refractivity contribution in [1.82, 2.24) is 0 Å². The Morgan fingerprint density at radius 2 is 1.04 bits per heavy atom. The van der Waals surface area contributed by atoms with Gasteiger partial charge in [-0.1, -0.05) is 64.8 Å². The van der Waals surface area contributed by atoms with E-state index in [9.17, 15) is 0 Å². The molecule has 0 saturated heterocycles. The van der Waals surface area contributed by atoms with E-state index in [-0.39, 0.29) is 0 Å². The van der Waals surface area contributed by atoms with Crippen LogP contribution in [0.5, 0.6) is 0 Å². The standard InChI is InChI=1S/2C13H15.Hf.Si/c2*1-9(2)12-6-4-5-11-7-10(3)8-13(11)12;;/h2*4-9H,1-3H3;;/q2*-1;+2;. The van der Waals surface area contributed by atoms with Crippen LogP contribution in [0.25, 0.3) is 21.5 Å². The minimum absolute atomic E-state index is 0.616. The van der Waals surface area contributed by atoms with Gasteiger partial charge in [0.25, 0.3) is 0 Å². The van der Waals surface area contributed by atoms with Gasteiger partial charge in [-0.15, -0.1) is 69.1 Å². The Morgan fingerprint density at radius 1 is 0.679 bits per heavy atom. The van der Waals surface area contributed by atoms with Crippen LogP contribution >= 0.6 is 0 Å². The fourth-order valence-electron chi connectivity index (χ4n) is 3.82. The Balaban J connectivity index is 0.000000184. The summed E-state index contributed by atoms with van der Waals surface area (Å²) in [7, 11) is 0. The van der Waals surface area contributed by atoms with Crippen molar-refractivity contribution in [3.63, 3.8) is 0 Å². The Hall–Kier alpha value is -1.25. The molecule has 0 aliphatic rings. The Kier molecular flexibility index (Phi) is 8.64. The van der Waals surface area contributed by atoms with Crippen molar-refractivity contribution in [3.8, 4) is 0 Å². The van der Waals surface area contributed by atoms with Gasteiger partial charge >= 0.3 is 29.9 Å². The number of rotatable bonds is 2. The maximum atomic E-state index is 3.11. The van der Waals surface area contributed by atoms with Gasteiger partial charge in [0.1, 0.15) is 0 Å². The molecule has 0 N–H and O–H groups in total. The summed E-state index contributed by atoms with van der Waals surface area (Å²) >= 11 is 1.11. The molecule has 0 fully saturated rings. The van der Waals surface area contributed by atoms with Crippen molar-refractivity contribution < 1.29 is 23.0 Å². The summed E-state index contributed by atoms with van der Waals surface area (Å²) in [6, 6.07) is 22.2. The van der Waals surface area contributed by atoms with Gasteiger partial charge in [-0.2, -0.15) is 12.1 Å². The third-order valence-electron chi connectivity index (χ3n) is 5.10. The predicted molar refractivity (Wildman–Crippen MR) is 122 cm³/mol. The molecule has 0 aromatic heterocycles. The van der Waals surface area contributed by atoms with Crippen LogP contribution in [0.1, 0.15) is 61.8 Å². The molecular weight excluding hydrogens is 519 g/mol. The van der Waals surface area contributed by atoms with Crippen molar-refractivity contribution in [1.29, 1.82) is 0 Å². The average molecular weight is 549 g/mol. The van der Waals surface area contributed by atoms with Gasteiger partial charge in [0.15, 0.2) is 0 Å². The van der Waals surface area contributed by atoms with Gasteiger partial charge in [-0.3, -0.25) is 0 Å². The van der Waals surface area contributed by atoms with Crippen LogP contribution in [-0.2, 0) is 23.0 Å². The van der Waals surface area contributed by atoms with Crippen LogP contribution in [-0.4, -0.2) is 6.94 Å². The number of hydrogen-bond acceptors (Lipinski definition) is 0. The molecule has 0 nitrogen and oxygen atoms in total. The monoisotopic (exact) mass is 550 g/mol. The molecule has 28 heavy (non-hydrogen) atoms. The van der Waals surface area contributed by atoms with E-state index in [0.717, 1.165) is 23.0 Å². The zero-order valence-electron chi connectivity index (χ0n) is 17.9. The first kappa shape index (κ1) is 23.0. The summed E-state index contributed by atoms with van der Waals surface area (Å²) in [5.74, 6) is 1.23. The van der Waals surface area contributed by atoms with E-state index in [1.54, 1.807) is 0 Å². The van der Waals surface area contributed by atoms with E-state index in [1.165, 1.54) is 43.8 Å². The fourth-order valence-corrected chi connectivity index (χ4v) is 3.82. The van der Waals surface area contributed by atoms with Crippen LogP contribution < -0.4 is 0 Å². The summed E-state index contributed by atoms with van der Waals surface area (Å²) in [4.78, 5) is 0. The molecule has 2 radical (unpaired) electrons. The first-order chi connectivity index (χ1) is 13.4. The molecule has 0 aliphatic heterocycles. The Bertz CT molecular complexity index is 949. The molecule has 0 saturated carbocycles. The summed E-state index contributed by atoms with van der Waals surface area (Å²) < 4.78 is 0. The number of aryl methyl sites for hydroxylation is 2. The van der Waals surface area contributed by atoms with Crippen molar-refractivity contribution >= 4 is 28.5 Å². The fraction of sp³-hybridized carbons (Fsp3) is 0.308. The van der Waals surface area contributed by atoms with Gasteiger partial charge < -0.3 is 0 Å². The zero-order valence-corrected chi connectivity index (χ0v) is 22.5. The molecule has 4 rings (SSSR count). The molecule has 142 valence electrons. The van der Waals surface area contributed by atoms with E-state index < -0.39 is 0 Å². The normalized spacial score (nSPS) is 10.8. The first-order valence-corrected chi connectivity index (χ1v) is 15.8. The van der Waals surface area contributed by atoms with Crippen molar-refractivity contribution in [2.75, 3.05) is 0 Å². The molecule has 0 heterocycles. The molecule has 0 unspecified atom stereocenters. The van der Waals surface area contributed by atoms with Crippen LogP contribution in [0, 0.1) is 13.8 Å². The van der Waals surface area contributed by atoms with Crippen LogP contribution in [0.3, 0.4) is 0 Å². The van der Waals surface area contributed by atoms with E-state index in [2.05, 4.69) is 109 Å². The second kappa shape index (κ2) is 10.5. The van der Waals surface area contributed by atoms with Gasteiger partial charge in [0, 0.05) is 0 Å². The molecule has 0 atom stereocenters. The number of fused-ring (bicyclic) bond motifs is 2. The van der Waals surface area contributed by atoms with Gasteiger partial charge in [-0.05, 0) is 11.8 Å². The van der Waals surface area contributed by atoms with Crippen LogP contribution in [0.2, 0.25) is 0 Å². The van der Waals surface area contributed by atoms with Crippen molar-refractivity contribution in [3.05, 3.63) is 82.9 Å². The van der Waals surface area contributed by atoms with Gasteiger partial charge in [0.05, 0.1) is 0 Å². The maximum absolute atomic E-state index is 3.11. The molecule has 0 amide bonds. The molecule has 0 bridgehead atoms. The van der Waals surface area contributed by atoms with Crippen LogP contribution in [0.4, 0.5) is 0 Å². The Morgan fingerprint density at radius 3 is 1.36 bits per heavy atom. The molecule has 0 spiro atoms. The zero-order chi connectivity index (χ0) is 20.8. The van der Waals surface area contributed by atoms with E-state index >= 15 is 0 Å². The summed E-state index contributed by atoms with van der Waals surface area (Å²) in [6.45, 7) is 16.4. The van der Waals surface area contributed by atoms with Crippen LogP contribution in [0.15, 0.2) is 60.7 Å². The van der Waals surface area contributed by atoms with Gasteiger partial charge in [0.2, 0.25) is 0 Å². The third-order valence-corrected chi connectivity index (χ3v) is 5.10. The summed E-state index contributed by atoms with van der Waals surface area (Å²) in [5, 5.41) is 5.61. The predicted octanol–water partition coefficient (Wildman–Crippen LogP) is 7.60. The minimum atomic E-state index is 0.616. The number of hydrogen-bond donors (Lipinski definition) is 0. The number of benzene rings is 2. The second-order valence-electron chi connectivity index (χ2n) is 8.08. The van der Waals surface area contributed by atoms with Crippen molar-refractivity contribution in [2.24, 2.45) is 0 Å². The Labute approximate surface area is 187 Å². The van der Waals surface area contributed by atoms with Crippen molar-refractivity contribution in [2.45, 2.75) is 53.4 Å². The summed E-state index contributed by atoms with van der Waals surface area (Å²) in [6.07, 6.45) is 0. The average Bonchev–Trinajstić information content (AvgIpc) is 3.23. The molecule has 0 aliphatic carbocycles. The molecule has 4 aromatic rings. The van der Waals surface area contributed by atoms with E-state index in [1.807, 2.05) is 0 Å².